The molecule has 0 saturated carbocycles. The van der Waals surface area contributed by atoms with Crippen LogP contribution in [0.3, 0.4) is 0 Å². The second-order valence-corrected chi connectivity index (χ2v) is 7.47. The van der Waals surface area contributed by atoms with Crippen molar-refractivity contribution in [2.75, 3.05) is 11.9 Å². The van der Waals surface area contributed by atoms with Gasteiger partial charge in [-0.15, -0.1) is 0 Å². The summed E-state index contributed by atoms with van der Waals surface area (Å²) in [5.41, 5.74) is -1.09. The van der Waals surface area contributed by atoms with Gasteiger partial charge in [0.05, 0.1) is 18.4 Å². The second kappa shape index (κ2) is 13.4. The molecule has 0 radical (unpaired) electrons. The Labute approximate surface area is 190 Å². The molecule has 180 valence electrons. The van der Waals surface area contributed by atoms with E-state index < -0.39 is 29.2 Å². The first kappa shape index (κ1) is 26.2. The van der Waals surface area contributed by atoms with E-state index in [9.17, 15) is 22.4 Å². The average Bonchev–Trinajstić information content (AvgIpc) is 2.77. The van der Waals surface area contributed by atoms with Gasteiger partial charge in [0.1, 0.15) is 11.6 Å². The molecule has 0 aliphatic heterocycles. The lowest BCUT2D eigenvalue weighted by molar-refractivity contribution is -0.137. The SMILES string of the molecule is CCCCCCCCCOc1ccc(NC(=O)ON=Cc2cc(C(F)(F)F)ccc2F)cc1. The monoisotopic (exact) mass is 468 g/mol. The summed E-state index contributed by atoms with van der Waals surface area (Å²) in [7, 11) is 0. The van der Waals surface area contributed by atoms with E-state index >= 15 is 0 Å². The van der Waals surface area contributed by atoms with Gasteiger partial charge in [-0.25, -0.2) is 9.18 Å². The summed E-state index contributed by atoms with van der Waals surface area (Å²) in [6, 6.07) is 8.46. The van der Waals surface area contributed by atoms with Crippen LogP contribution in [-0.4, -0.2) is 18.9 Å². The Bertz CT molecular complexity index is 900. The summed E-state index contributed by atoms with van der Waals surface area (Å²) in [5.74, 6) is -0.263. The number of alkyl halides is 3. The fourth-order valence-corrected chi connectivity index (χ4v) is 2.97. The largest absolute Gasteiger partial charge is 0.494 e. The molecule has 33 heavy (non-hydrogen) atoms. The van der Waals surface area contributed by atoms with Gasteiger partial charge in [0.25, 0.3) is 0 Å². The van der Waals surface area contributed by atoms with E-state index in [1.165, 1.54) is 32.1 Å². The van der Waals surface area contributed by atoms with Crippen molar-refractivity contribution >= 4 is 18.0 Å². The number of oxime groups is 1. The van der Waals surface area contributed by atoms with Crippen LogP contribution in [0.25, 0.3) is 0 Å². The summed E-state index contributed by atoms with van der Waals surface area (Å²) in [6.07, 6.45) is 3.45. The summed E-state index contributed by atoms with van der Waals surface area (Å²) in [4.78, 5) is 16.3. The van der Waals surface area contributed by atoms with E-state index in [2.05, 4.69) is 22.2 Å². The Morgan fingerprint density at radius 2 is 1.67 bits per heavy atom. The molecule has 1 N–H and O–H groups in total. The zero-order chi connectivity index (χ0) is 24.1. The minimum Gasteiger partial charge on any atom is -0.494 e. The molecule has 0 aromatic heterocycles. The zero-order valence-electron chi connectivity index (χ0n) is 18.5. The number of rotatable bonds is 12. The Morgan fingerprint density at radius 3 is 2.33 bits per heavy atom. The number of carbonyl (C=O) groups excluding carboxylic acids is 1. The van der Waals surface area contributed by atoms with Crippen molar-refractivity contribution in [3.8, 4) is 5.75 Å². The highest BCUT2D eigenvalue weighted by atomic mass is 19.4. The number of unbranched alkanes of at least 4 members (excludes halogenated alkanes) is 6. The minimum atomic E-state index is -4.63. The molecule has 0 heterocycles. The van der Waals surface area contributed by atoms with Crippen molar-refractivity contribution in [2.24, 2.45) is 5.16 Å². The number of benzene rings is 2. The molecule has 5 nitrogen and oxygen atoms in total. The first-order valence-electron chi connectivity index (χ1n) is 10.9. The molecule has 2 aromatic rings. The molecule has 2 aromatic carbocycles. The molecular weight excluding hydrogens is 440 g/mol. The van der Waals surface area contributed by atoms with Gasteiger partial charge >= 0.3 is 12.3 Å². The predicted molar refractivity (Wildman–Crippen MR) is 119 cm³/mol. The molecule has 0 aliphatic rings. The molecular formula is C24H28F4N2O3. The standard InChI is InChI=1S/C24H28F4N2O3/c1-2-3-4-5-6-7-8-15-32-21-12-10-20(11-13-21)30-23(31)33-29-17-18-16-19(24(26,27)28)9-14-22(18)25/h9-14,16-17H,2-8,15H2,1H3,(H,30,31). The van der Waals surface area contributed by atoms with Gasteiger partial charge in [-0.2, -0.15) is 13.2 Å². The van der Waals surface area contributed by atoms with Crippen LogP contribution in [0.15, 0.2) is 47.6 Å². The Hall–Kier alpha value is -3.10. The van der Waals surface area contributed by atoms with Crippen molar-refractivity contribution in [2.45, 2.75) is 58.0 Å². The average molecular weight is 468 g/mol. The summed E-state index contributed by atoms with van der Waals surface area (Å²) < 4.78 is 57.4. The summed E-state index contributed by atoms with van der Waals surface area (Å²) in [6.45, 7) is 2.81. The molecule has 2 rings (SSSR count). The van der Waals surface area contributed by atoms with Crippen molar-refractivity contribution < 1.29 is 31.9 Å². The number of amides is 1. The van der Waals surface area contributed by atoms with Crippen LogP contribution in [-0.2, 0) is 11.0 Å². The zero-order valence-corrected chi connectivity index (χ0v) is 18.5. The first-order valence-corrected chi connectivity index (χ1v) is 10.9. The van der Waals surface area contributed by atoms with Crippen LogP contribution in [0, 0.1) is 5.82 Å². The summed E-state index contributed by atoms with van der Waals surface area (Å²) in [5, 5.41) is 5.65. The number of ether oxygens (including phenoxy) is 1. The molecule has 0 unspecified atom stereocenters. The van der Waals surface area contributed by atoms with Crippen LogP contribution in [0.2, 0.25) is 0 Å². The van der Waals surface area contributed by atoms with Crippen LogP contribution in [0.4, 0.5) is 28.0 Å². The van der Waals surface area contributed by atoms with Crippen molar-refractivity contribution in [3.63, 3.8) is 0 Å². The quantitative estimate of drug-likeness (QED) is 0.115. The second-order valence-electron chi connectivity index (χ2n) is 7.47. The predicted octanol–water partition coefficient (Wildman–Crippen LogP) is 7.56. The van der Waals surface area contributed by atoms with Crippen LogP contribution in [0.5, 0.6) is 5.75 Å². The number of nitrogens with zero attached hydrogens (tertiary/aromatic N) is 1. The lowest BCUT2D eigenvalue weighted by Crippen LogP contribution is -2.11. The maximum atomic E-state index is 13.6. The lowest BCUT2D eigenvalue weighted by Gasteiger charge is -2.08. The molecule has 1 amide bonds. The topological polar surface area (TPSA) is 59.9 Å². The van der Waals surface area contributed by atoms with Crippen molar-refractivity contribution in [1.29, 1.82) is 0 Å². The number of halogens is 4. The Kier molecular flexibility index (Phi) is 10.7. The summed E-state index contributed by atoms with van der Waals surface area (Å²) >= 11 is 0. The van der Waals surface area contributed by atoms with E-state index in [0.29, 0.717) is 42.5 Å². The maximum absolute atomic E-state index is 13.6. The van der Waals surface area contributed by atoms with E-state index in [1.54, 1.807) is 24.3 Å². The highest BCUT2D eigenvalue weighted by Crippen LogP contribution is 2.30. The minimum absolute atomic E-state index is 0.406. The lowest BCUT2D eigenvalue weighted by atomic mass is 10.1. The normalized spacial score (nSPS) is 11.5. The van der Waals surface area contributed by atoms with Crippen LogP contribution < -0.4 is 10.1 Å². The highest BCUT2D eigenvalue weighted by molar-refractivity contribution is 5.86. The Balaban J connectivity index is 1.73. The third kappa shape index (κ3) is 9.93. The van der Waals surface area contributed by atoms with Gasteiger partial charge in [0.15, 0.2) is 0 Å². The van der Waals surface area contributed by atoms with Gasteiger partial charge in [0.2, 0.25) is 0 Å². The van der Waals surface area contributed by atoms with Crippen molar-refractivity contribution in [3.05, 3.63) is 59.4 Å². The molecule has 9 heteroatoms. The van der Waals surface area contributed by atoms with Gasteiger partial charge < -0.3 is 4.74 Å². The molecule has 0 fully saturated rings. The molecule has 0 bridgehead atoms. The van der Waals surface area contributed by atoms with Gasteiger partial charge in [-0.3, -0.25) is 10.2 Å². The number of hydrogen-bond donors (Lipinski definition) is 1. The third-order valence-corrected chi connectivity index (χ3v) is 4.77. The Morgan fingerprint density at radius 1 is 1.00 bits per heavy atom. The number of nitrogens with one attached hydrogen (secondary N) is 1. The van der Waals surface area contributed by atoms with Gasteiger partial charge in [-0.1, -0.05) is 50.6 Å². The van der Waals surface area contributed by atoms with E-state index in [1.807, 2.05) is 0 Å². The molecule has 0 saturated heterocycles. The number of carbonyl (C=O) groups is 1. The number of anilines is 1. The maximum Gasteiger partial charge on any atom is 0.437 e. The number of hydrogen-bond acceptors (Lipinski definition) is 4. The third-order valence-electron chi connectivity index (χ3n) is 4.77. The first-order chi connectivity index (χ1) is 15.8. The van der Waals surface area contributed by atoms with E-state index in [0.717, 1.165) is 12.8 Å². The van der Waals surface area contributed by atoms with Crippen LogP contribution in [0.1, 0.15) is 63.0 Å². The fraction of sp³-hybridized carbons (Fsp3) is 0.417. The van der Waals surface area contributed by atoms with Gasteiger partial charge in [-0.05, 0) is 48.9 Å². The molecule has 0 aliphatic carbocycles. The van der Waals surface area contributed by atoms with Gasteiger partial charge in [0, 0.05) is 11.3 Å². The fourth-order valence-electron chi connectivity index (χ4n) is 2.97. The molecule has 0 spiro atoms. The smallest absolute Gasteiger partial charge is 0.437 e. The van der Waals surface area contributed by atoms with Crippen LogP contribution >= 0.6 is 0 Å². The van der Waals surface area contributed by atoms with E-state index in [-0.39, 0.29) is 0 Å². The highest BCUT2D eigenvalue weighted by Gasteiger charge is 2.30. The van der Waals surface area contributed by atoms with Crippen molar-refractivity contribution in [1.82, 2.24) is 0 Å². The molecule has 0 atom stereocenters. The van der Waals surface area contributed by atoms with E-state index in [4.69, 9.17) is 4.74 Å².